The van der Waals surface area contributed by atoms with Crippen molar-refractivity contribution in [2.75, 3.05) is 0 Å². The Morgan fingerprint density at radius 3 is 2.64 bits per heavy atom. The third kappa shape index (κ3) is 2.69. The molecule has 0 aliphatic heterocycles. The highest BCUT2D eigenvalue weighted by Crippen LogP contribution is 2.29. The molecule has 4 heteroatoms. The van der Waals surface area contributed by atoms with Crippen molar-refractivity contribution in [1.29, 1.82) is 0 Å². The number of para-hydroxylation sites is 2. The second-order valence-electron chi connectivity index (χ2n) is 5.51. The van der Waals surface area contributed by atoms with Crippen molar-refractivity contribution in [2.45, 2.75) is 26.5 Å². The van der Waals surface area contributed by atoms with E-state index in [9.17, 15) is 4.39 Å². The van der Waals surface area contributed by atoms with Gasteiger partial charge >= 0.3 is 0 Å². The van der Waals surface area contributed by atoms with Crippen molar-refractivity contribution >= 4 is 22.5 Å². The zero-order valence-electron chi connectivity index (χ0n) is 12.5. The molecule has 114 valence electrons. The molecule has 0 atom stereocenters. The Balaban J connectivity index is 1.98. The lowest BCUT2D eigenvalue weighted by Gasteiger charge is -2.09. The average molecular weight is 318 g/mol. The van der Waals surface area contributed by atoms with Gasteiger partial charge in [0, 0.05) is 23.2 Å². The van der Waals surface area contributed by atoms with Gasteiger partial charge in [-0.3, -0.25) is 0 Å². The minimum atomic E-state index is -0.213. The number of hydrogen-bond acceptors (Lipinski definition) is 1. The Morgan fingerprint density at radius 2 is 1.91 bits per heavy atom. The summed E-state index contributed by atoms with van der Waals surface area (Å²) in [6.45, 7) is 4.42. The van der Waals surface area contributed by atoms with Gasteiger partial charge < -0.3 is 9.30 Å². The zero-order chi connectivity index (χ0) is 15.7. The molecule has 0 radical (unpaired) electrons. The van der Waals surface area contributed by atoms with Crippen LogP contribution in [0.3, 0.4) is 0 Å². The van der Waals surface area contributed by atoms with Crippen LogP contribution in [0.2, 0.25) is 5.02 Å². The largest absolute Gasteiger partial charge is 0.487 e. The second kappa shape index (κ2) is 6.01. The Morgan fingerprint density at radius 1 is 1.14 bits per heavy atom. The number of ether oxygens (including phenoxy) is 1. The molecule has 2 nitrogen and oxygen atoms in total. The third-order valence-corrected chi connectivity index (χ3v) is 3.97. The van der Waals surface area contributed by atoms with Gasteiger partial charge in [0.05, 0.1) is 10.5 Å². The van der Waals surface area contributed by atoms with Crippen LogP contribution in [0, 0.1) is 5.82 Å². The molecule has 0 unspecified atom stereocenters. The summed E-state index contributed by atoms with van der Waals surface area (Å²) < 4.78 is 21.9. The molecule has 0 amide bonds. The Kier molecular flexibility index (Phi) is 4.08. The lowest BCUT2D eigenvalue weighted by atomic mass is 10.2. The molecule has 3 aromatic rings. The first-order valence-corrected chi connectivity index (χ1v) is 7.61. The van der Waals surface area contributed by atoms with E-state index in [2.05, 4.69) is 0 Å². The van der Waals surface area contributed by atoms with Gasteiger partial charge in [0.15, 0.2) is 0 Å². The molecule has 3 rings (SSSR count). The number of aromatic nitrogens is 1. The smallest absolute Gasteiger partial charge is 0.147 e. The van der Waals surface area contributed by atoms with Gasteiger partial charge in [-0.25, -0.2) is 4.39 Å². The maximum absolute atomic E-state index is 14.2. The predicted octanol–water partition coefficient (Wildman–Crippen LogP) is 5.59. The summed E-state index contributed by atoms with van der Waals surface area (Å²) in [4.78, 5) is 0. The molecule has 0 aliphatic rings. The van der Waals surface area contributed by atoms with Crippen LogP contribution in [-0.2, 0) is 6.61 Å². The van der Waals surface area contributed by atoms with E-state index in [1.54, 1.807) is 12.1 Å². The first kappa shape index (κ1) is 14.9. The molecule has 1 aromatic heterocycles. The molecule has 1 heterocycles. The zero-order valence-corrected chi connectivity index (χ0v) is 13.3. The van der Waals surface area contributed by atoms with Crippen LogP contribution < -0.4 is 4.74 Å². The molecule has 0 bridgehead atoms. The van der Waals surface area contributed by atoms with Gasteiger partial charge in [0.25, 0.3) is 0 Å². The van der Waals surface area contributed by atoms with E-state index in [-0.39, 0.29) is 11.9 Å². The number of halogens is 2. The lowest BCUT2D eigenvalue weighted by Crippen LogP contribution is -2.00. The molecular weight excluding hydrogens is 301 g/mol. The molecular formula is C18H17ClFNO. The van der Waals surface area contributed by atoms with Crippen molar-refractivity contribution in [2.24, 2.45) is 0 Å². The van der Waals surface area contributed by atoms with E-state index in [0.717, 1.165) is 10.9 Å². The number of nitrogens with zero attached hydrogens (tertiary/aromatic N) is 1. The summed E-state index contributed by atoms with van der Waals surface area (Å²) in [5, 5.41) is 1.45. The van der Waals surface area contributed by atoms with Crippen LogP contribution in [0.4, 0.5) is 4.39 Å². The van der Waals surface area contributed by atoms with Gasteiger partial charge in [-0.1, -0.05) is 35.9 Å². The Hall–Kier alpha value is -2.00. The van der Waals surface area contributed by atoms with Crippen LogP contribution in [0.15, 0.2) is 48.7 Å². The second-order valence-corrected chi connectivity index (χ2v) is 5.92. The lowest BCUT2D eigenvalue weighted by molar-refractivity contribution is 0.307. The van der Waals surface area contributed by atoms with Crippen LogP contribution in [-0.4, -0.2) is 4.57 Å². The van der Waals surface area contributed by atoms with E-state index >= 15 is 0 Å². The average Bonchev–Trinajstić information content (AvgIpc) is 2.87. The summed E-state index contributed by atoms with van der Waals surface area (Å²) in [6, 6.07) is 12.6. The van der Waals surface area contributed by atoms with Gasteiger partial charge in [0.2, 0.25) is 0 Å². The quantitative estimate of drug-likeness (QED) is 0.611. The number of fused-ring (bicyclic) bond motifs is 1. The number of hydrogen-bond donors (Lipinski definition) is 0. The van der Waals surface area contributed by atoms with Crippen LogP contribution in [0.5, 0.6) is 5.75 Å². The van der Waals surface area contributed by atoms with E-state index in [1.165, 1.54) is 6.07 Å². The number of rotatable bonds is 4. The van der Waals surface area contributed by atoms with Crippen LogP contribution >= 0.6 is 11.6 Å². The Bertz CT molecular complexity index is 810. The highest BCUT2D eigenvalue weighted by molar-refractivity contribution is 6.32. The van der Waals surface area contributed by atoms with Crippen molar-refractivity contribution in [3.63, 3.8) is 0 Å². The minimum absolute atomic E-state index is 0.175. The summed E-state index contributed by atoms with van der Waals surface area (Å²) in [5.41, 5.74) is 1.57. The van der Waals surface area contributed by atoms with Gasteiger partial charge in [0.1, 0.15) is 18.2 Å². The fourth-order valence-electron chi connectivity index (χ4n) is 2.58. The Labute approximate surface area is 134 Å². The SMILES string of the molecule is CC(C)n1cc(COc2ccccc2Cl)c2cccc(F)c21. The topological polar surface area (TPSA) is 14.2 Å². The third-order valence-electron chi connectivity index (χ3n) is 3.66. The number of benzene rings is 2. The maximum Gasteiger partial charge on any atom is 0.147 e. The van der Waals surface area contributed by atoms with Crippen molar-refractivity contribution < 1.29 is 9.13 Å². The van der Waals surface area contributed by atoms with E-state index in [0.29, 0.717) is 22.9 Å². The molecule has 0 saturated carbocycles. The van der Waals surface area contributed by atoms with Crippen molar-refractivity contribution in [1.82, 2.24) is 4.57 Å². The fraction of sp³-hybridized carbons (Fsp3) is 0.222. The van der Waals surface area contributed by atoms with Crippen LogP contribution in [0.1, 0.15) is 25.5 Å². The highest BCUT2D eigenvalue weighted by Gasteiger charge is 2.14. The molecule has 22 heavy (non-hydrogen) atoms. The molecule has 0 fully saturated rings. The van der Waals surface area contributed by atoms with Gasteiger partial charge in [-0.05, 0) is 32.0 Å². The maximum atomic E-state index is 14.2. The first-order chi connectivity index (χ1) is 10.6. The summed E-state index contributed by atoms with van der Waals surface area (Å²) in [6.07, 6.45) is 1.95. The van der Waals surface area contributed by atoms with E-state index in [4.69, 9.17) is 16.3 Å². The standard InChI is InChI=1S/C18H17ClFNO/c1-12(2)21-10-13(14-6-5-8-16(20)18(14)21)11-22-17-9-4-3-7-15(17)19/h3-10,12H,11H2,1-2H3. The molecule has 0 saturated heterocycles. The highest BCUT2D eigenvalue weighted by atomic mass is 35.5. The van der Waals surface area contributed by atoms with E-state index < -0.39 is 0 Å². The first-order valence-electron chi connectivity index (χ1n) is 7.23. The summed E-state index contributed by atoms with van der Waals surface area (Å²) in [7, 11) is 0. The van der Waals surface area contributed by atoms with Crippen molar-refractivity contribution in [3.05, 3.63) is 65.1 Å². The molecule has 0 N–H and O–H groups in total. The molecule has 0 aliphatic carbocycles. The summed E-state index contributed by atoms with van der Waals surface area (Å²) >= 11 is 6.10. The normalized spacial score (nSPS) is 11.3. The summed E-state index contributed by atoms with van der Waals surface area (Å²) in [5.74, 6) is 0.418. The molecule has 0 spiro atoms. The van der Waals surface area contributed by atoms with E-state index in [1.807, 2.05) is 48.9 Å². The van der Waals surface area contributed by atoms with Gasteiger partial charge in [-0.2, -0.15) is 0 Å². The molecule has 2 aromatic carbocycles. The monoisotopic (exact) mass is 317 g/mol. The minimum Gasteiger partial charge on any atom is -0.487 e. The van der Waals surface area contributed by atoms with Crippen LogP contribution in [0.25, 0.3) is 10.9 Å². The van der Waals surface area contributed by atoms with Gasteiger partial charge in [-0.15, -0.1) is 0 Å². The van der Waals surface area contributed by atoms with Crippen molar-refractivity contribution in [3.8, 4) is 5.75 Å². The fourth-order valence-corrected chi connectivity index (χ4v) is 2.77. The predicted molar refractivity (Wildman–Crippen MR) is 88.1 cm³/mol.